The lowest BCUT2D eigenvalue weighted by atomic mass is 10.2. The van der Waals surface area contributed by atoms with E-state index in [2.05, 4.69) is 32.4 Å². The molecule has 1 aromatic heterocycles. The number of methoxy groups -OCH3 is 1. The van der Waals surface area contributed by atoms with Gasteiger partial charge in [-0.3, -0.25) is 9.67 Å². The van der Waals surface area contributed by atoms with Gasteiger partial charge in [-0.25, -0.2) is 0 Å². The summed E-state index contributed by atoms with van der Waals surface area (Å²) in [7, 11) is 5.49. The van der Waals surface area contributed by atoms with Gasteiger partial charge in [-0.05, 0) is 23.8 Å². The van der Waals surface area contributed by atoms with Gasteiger partial charge in [0.15, 0.2) is 5.96 Å². The Labute approximate surface area is 154 Å². The topological polar surface area (TPSA) is 54.7 Å². The average Bonchev–Trinajstić information content (AvgIpc) is 3.05. The van der Waals surface area contributed by atoms with Crippen molar-refractivity contribution in [2.75, 3.05) is 27.7 Å². The minimum Gasteiger partial charge on any atom is -0.497 e. The molecular formula is C16H24IN5O. The molecule has 0 amide bonds. The molecule has 7 heteroatoms. The summed E-state index contributed by atoms with van der Waals surface area (Å²) in [4.78, 5) is 6.40. The molecule has 0 fully saturated rings. The van der Waals surface area contributed by atoms with E-state index >= 15 is 0 Å². The van der Waals surface area contributed by atoms with Crippen LogP contribution in [-0.2, 0) is 13.1 Å². The van der Waals surface area contributed by atoms with Crippen molar-refractivity contribution in [2.24, 2.45) is 4.99 Å². The van der Waals surface area contributed by atoms with Crippen LogP contribution < -0.4 is 10.1 Å². The van der Waals surface area contributed by atoms with Crippen LogP contribution in [-0.4, -0.2) is 48.4 Å². The van der Waals surface area contributed by atoms with Crippen molar-refractivity contribution in [1.82, 2.24) is 20.0 Å². The Morgan fingerprint density at radius 1 is 1.35 bits per heavy atom. The predicted molar refractivity (Wildman–Crippen MR) is 103 cm³/mol. The standard InChI is InChI=1S/C16H23N5O.HI/c1-17-16(18-10-12-21-11-4-9-19-21)20(2)13-14-5-7-15(22-3)8-6-14;/h4-9,11H,10,12-13H2,1-3H3,(H,17,18);1H. The van der Waals surface area contributed by atoms with Crippen molar-refractivity contribution in [1.29, 1.82) is 0 Å². The predicted octanol–water partition coefficient (Wildman–Crippen LogP) is 2.22. The molecule has 1 N–H and O–H groups in total. The zero-order valence-electron chi connectivity index (χ0n) is 13.8. The van der Waals surface area contributed by atoms with Gasteiger partial charge in [0.1, 0.15) is 5.75 Å². The lowest BCUT2D eigenvalue weighted by Gasteiger charge is -2.22. The fourth-order valence-corrected chi connectivity index (χ4v) is 2.18. The lowest BCUT2D eigenvalue weighted by Crippen LogP contribution is -2.39. The summed E-state index contributed by atoms with van der Waals surface area (Å²) in [6, 6.07) is 9.98. The van der Waals surface area contributed by atoms with Gasteiger partial charge in [-0.2, -0.15) is 5.10 Å². The van der Waals surface area contributed by atoms with E-state index in [9.17, 15) is 0 Å². The molecule has 0 aliphatic rings. The van der Waals surface area contributed by atoms with Gasteiger partial charge in [0.25, 0.3) is 0 Å². The highest BCUT2D eigenvalue weighted by Crippen LogP contribution is 2.12. The maximum absolute atomic E-state index is 5.17. The first-order valence-corrected chi connectivity index (χ1v) is 7.25. The van der Waals surface area contributed by atoms with Gasteiger partial charge in [0, 0.05) is 39.6 Å². The summed E-state index contributed by atoms with van der Waals surface area (Å²) in [5, 5.41) is 7.52. The second-order valence-electron chi connectivity index (χ2n) is 4.95. The van der Waals surface area contributed by atoms with E-state index in [1.807, 2.05) is 36.1 Å². The van der Waals surface area contributed by atoms with Crippen molar-refractivity contribution in [2.45, 2.75) is 13.1 Å². The van der Waals surface area contributed by atoms with Crippen LogP contribution in [0.4, 0.5) is 0 Å². The van der Waals surface area contributed by atoms with Gasteiger partial charge in [-0.15, -0.1) is 24.0 Å². The van der Waals surface area contributed by atoms with E-state index in [0.29, 0.717) is 0 Å². The fourth-order valence-electron chi connectivity index (χ4n) is 2.18. The number of hydrogen-bond acceptors (Lipinski definition) is 3. The molecule has 0 aliphatic heterocycles. The highest BCUT2D eigenvalue weighted by molar-refractivity contribution is 14.0. The summed E-state index contributed by atoms with van der Waals surface area (Å²) >= 11 is 0. The van der Waals surface area contributed by atoms with E-state index in [1.54, 1.807) is 20.4 Å². The van der Waals surface area contributed by atoms with Gasteiger partial charge in [-0.1, -0.05) is 12.1 Å². The smallest absolute Gasteiger partial charge is 0.193 e. The van der Waals surface area contributed by atoms with Crippen LogP contribution in [0, 0.1) is 0 Å². The number of halogens is 1. The van der Waals surface area contributed by atoms with Crippen molar-refractivity contribution < 1.29 is 4.74 Å². The lowest BCUT2D eigenvalue weighted by molar-refractivity contribution is 0.414. The summed E-state index contributed by atoms with van der Waals surface area (Å²) in [5.74, 6) is 1.73. The second kappa shape index (κ2) is 10.1. The van der Waals surface area contributed by atoms with Crippen LogP contribution in [0.25, 0.3) is 0 Å². The molecule has 0 saturated carbocycles. The zero-order chi connectivity index (χ0) is 15.8. The number of aromatic nitrogens is 2. The Kier molecular flexibility index (Phi) is 8.46. The molecular weight excluding hydrogens is 405 g/mol. The van der Waals surface area contributed by atoms with E-state index < -0.39 is 0 Å². The molecule has 23 heavy (non-hydrogen) atoms. The Morgan fingerprint density at radius 3 is 2.65 bits per heavy atom. The van der Waals surface area contributed by atoms with Gasteiger partial charge >= 0.3 is 0 Å². The molecule has 0 saturated heterocycles. The van der Waals surface area contributed by atoms with Crippen molar-refractivity contribution >= 4 is 29.9 Å². The summed E-state index contributed by atoms with van der Waals surface area (Å²) < 4.78 is 7.07. The first kappa shape index (κ1) is 19.3. The third-order valence-corrected chi connectivity index (χ3v) is 3.34. The molecule has 6 nitrogen and oxygen atoms in total. The molecule has 0 atom stereocenters. The number of aliphatic imine (C=N–C) groups is 1. The Hall–Kier alpha value is -1.77. The molecule has 0 unspecified atom stereocenters. The van der Waals surface area contributed by atoms with Crippen LogP contribution in [0.15, 0.2) is 47.7 Å². The molecule has 1 aromatic carbocycles. The van der Waals surface area contributed by atoms with Crippen LogP contribution in [0.2, 0.25) is 0 Å². The normalized spacial score (nSPS) is 10.8. The molecule has 0 spiro atoms. The SMILES string of the molecule is CN=C(NCCn1cccn1)N(C)Cc1ccc(OC)cc1.I. The van der Waals surface area contributed by atoms with Gasteiger partial charge < -0.3 is 15.0 Å². The fraction of sp³-hybridized carbons (Fsp3) is 0.375. The molecule has 126 valence electrons. The molecule has 0 bridgehead atoms. The molecule has 2 aromatic rings. The average molecular weight is 429 g/mol. The molecule has 2 rings (SSSR count). The minimum atomic E-state index is 0. The highest BCUT2D eigenvalue weighted by Gasteiger charge is 2.06. The Balaban J connectivity index is 0.00000264. The number of nitrogens with zero attached hydrogens (tertiary/aromatic N) is 4. The van der Waals surface area contributed by atoms with Crippen LogP contribution in [0.1, 0.15) is 5.56 Å². The van der Waals surface area contributed by atoms with E-state index in [4.69, 9.17) is 4.74 Å². The molecule has 1 heterocycles. The monoisotopic (exact) mass is 429 g/mol. The summed E-state index contributed by atoms with van der Waals surface area (Å²) in [6.07, 6.45) is 3.73. The van der Waals surface area contributed by atoms with Crippen LogP contribution >= 0.6 is 24.0 Å². The van der Waals surface area contributed by atoms with Crippen molar-refractivity contribution in [3.05, 3.63) is 48.3 Å². The number of ether oxygens (including phenoxy) is 1. The number of guanidine groups is 1. The maximum atomic E-state index is 5.17. The van der Waals surface area contributed by atoms with E-state index in [1.165, 1.54) is 5.56 Å². The van der Waals surface area contributed by atoms with Gasteiger partial charge in [0.2, 0.25) is 0 Å². The third-order valence-electron chi connectivity index (χ3n) is 3.34. The highest BCUT2D eigenvalue weighted by atomic mass is 127. The molecule has 0 radical (unpaired) electrons. The second-order valence-corrected chi connectivity index (χ2v) is 4.95. The van der Waals surface area contributed by atoms with Crippen LogP contribution in [0.3, 0.4) is 0 Å². The van der Waals surface area contributed by atoms with E-state index in [-0.39, 0.29) is 24.0 Å². The number of nitrogens with one attached hydrogen (secondary N) is 1. The number of rotatable bonds is 6. The van der Waals surface area contributed by atoms with E-state index in [0.717, 1.165) is 31.3 Å². The largest absolute Gasteiger partial charge is 0.497 e. The third kappa shape index (κ3) is 6.09. The van der Waals surface area contributed by atoms with Crippen molar-refractivity contribution in [3.63, 3.8) is 0 Å². The number of benzene rings is 1. The number of hydrogen-bond donors (Lipinski definition) is 1. The summed E-state index contributed by atoms with van der Waals surface area (Å²) in [6.45, 7) is 2.37. The van der Waals surface area contributed by atoms with Crippen molar-refractivity contribution in [3.8, 4) is 5.75 Å². The Morgan fingerprint density at radius 2 is 2.09 bits per heavy atom. The minimum absolute atomic E-state index is 0. The zero-order valence-corrected chi connectivity index (χ0v) is 16.1. The van der Waals surface area contributed by atoms with Gasteiger partial charge in [0.05, 0.1) is 13.7 Å². The first-order valence-electron chi connectivity index (χ1n) is 7.25. The Bertz CT molecular complexity index is 583. The van der Waals surface area contributed by atoms with Crippen LogP contribution in [0.5, 0.6) is 5.75 Å². The molecule has 0 aliphatic carbocycles. The quantitative estimate of drug-likeness (QED) is 0.435. The first-order chi connectivity index (χ1) is 10.7. The maximum Gasteiger partial charge on any atom is 0.193 e. The summed E-state index contributed by atoms with van der Waals surface area (Å²) in [5.41, 5.74) is 1.21.